The van der Waals surface area contributed by atoms with E-state index in [0.717, 1.165) is 42.5 Å². The van der Waals surface area contributed by atoms with Gasteiger partial charge in [0.05, 0.1) is 23.8 Å². The number of benzene rings is 2. The molecule has 0 unspecified atom stereocenters. The van der Waals surface area contributed by atoms with Crippen molar-refractivity contribution in [1.82, 2.24) is 10.3 Å². The number of methoxy groups -OCH3 is 1. The van der Waals surface area contributed by atoms with Crippen molar-refractivity contribution < 1.29 is 23.9 Å². The van der Waals surface area contributed by atoms with Crippen molar-refractivity contribution in [1.29, 1.82) is 0 Å². The van der Waals surface area contributed by atoms with Gasteiger partial charge in [-0.3, -0.25) is 19.9 Å². The molecule has 7 nitrogen and oxygen atoms in total. The van der Waals surface area contributed by atoms with Crippen molar-refractivity contribution in [2.75, 3.05) is 13.7 Å². The van der Waals surface area contributed by atoms with Crippen LogP contribution in [0.3, 0.4) is 0 Å². The Morgan fingerprint density at radius 1 is 1.00 bits per heavy atom. The first-order valence-corrected chi connectivity index (χ1v) is 10.1. The molecule has 0 saturated carbocycles. The smallest absolute Gasteiger partial charge is 0.339 e. The van der Waals surface area contributed by atoms with E-state index in [4.69, 9.17) is 14.5 Å². The highest BCUT2D eigenvalue weighted by Gasteiger charge is 2.24. The molecule has 0 saturated heterocycles. The number of rotatable bonds is 5. The highest BCUT2D eigenvalue weighted by Crippen LogP contribution is 2.29. The number of hydrogen-bond donors (Lipinski definition) is 1. The van der Waals surface area contributed by atoms with E-state index in [1.54, 1.807) is 24.3 Å². The third-order valence-corrected chi connectivity index (χ3v) is 5.31. The van der Waals surface area contributed by atoms with Crippen LogP contribution in [0.25, 0.3) is 10.9 Å². The van der Waals surface area contributed by atoms with Gasteiger partial charge in [0, 0.05) is 11.1 Å². The van der Waals surface area contributed by atoms with Crippen LogP contribution < -0.4 is 10.1 Å². The highest BCUT2D eigenvalue weighted by molar-refractivity contribution is 6.08. The number of para-hydroxylation sites is 2. The molecule has 1 aromatic heterocycles. The van der Waals surface area contributed by atoms with Gasteiger partial charge in [-0.15, -0.1) is 0 Å². The summed E-state index contributed by atoms with van der Waals surface area (Å²) in [6, 6.07) is 14.0. The highest BCUT2D eigenvalue weighted by atomic mass is 16.5. The number of esters is 1. The molecule has 1 aliphatic rings. The molecule has 0 atom stereocenters. The molecule has 158 valence electrons. The second-order valence-electron chi connectivity index (χ2n) is 7.29. The number of carbonyl (C=O) groups is 3. The quantitative estimate of drug-likeness (QED) is 0.640. The summed E-state index contributed by atoms with van der Waals surface area (Å²) < 4.78 is 10.4. The number of nitrogens with one attached hydrogen (secondary N) is 1. The zero-order chi connectivity index (χ0) is 21.8. The van der Waals surface area contributed by atoms with Crippen LogP contribution in [0.2, 0.25) is 0 Å². The van der Waals surface area contributed by atoms with Crippen LogP contribution in [0.4, 0.5) is 0 Å². The van der Waals surface area contributed by atoms with Gasteiger partial charge in [0.2, 0.25) is 0 Å². The van der Waals surface area contributed by atoms with Gasteiger partial charge in [-0.05, 0) is 49.4 Å². The third-order valence-electron chi connectivity index (χ3n) is 5.31. The molecule has 1 heterocycles. The van der Waals surface area contributed by atoms with Crippen molar-refractivity contribution >= 4 is 28.7 Å². The van der Waals surface area contributed by atoms with Gasteiger partial charge >= 0.3 is 5.97 Å². The Morgan fingerprint density at radius 3 is 2.58 bits per heavy atom. The Hall–Kier alpha value is -3.74. The first-order valence-electron chi connectivity index (χ1n) is 10.1. The lowest BCUT2D eigenvalue weighted by Crippen LogP contribution is -2.34. The lowest BCUT2D eigenvalue weighted by Gasteiger charge is -2.19. The summed E-state index contributed by atoms with van der Waals surface area (Å²) in [6.45, 7) is -0.564. The summed E-state index contributed by atoms with van der Waals surface area (Å²) in [7, 11) is 1.44. The van der Waals surface area contributed by atoms with E-state index in [0.29, 0.717) is 16.7 Å². The van der Waals surface area contributed by atoms with E-state index in [1.165, 1.54) is 7.11 Å². The Kier molecular flexibility index (Phi) is 5.93. The Bertz CT molecular complexity index is 1170. The molecule has 7 heteroatoms. The average Bonchev–Trinajstić information content (AvgIpc) is 2.80. The number of aromatic nitrogens is 1. The van der Waals surface area contributed by atoms with Crippen molar-refractivity contribution in [3.05, 3.63) is 70.9 Å². The molecule has 0 bridgehead atoms. The average molecular weight is 418 g/mol. The summed E-state index contributed by atoms with van der Waals surface area (Å²) >= 11 is 0. The van der Waals surface area contributed by atoms with Gasteiger partial charge in [-0.2, -0.15) is 0 Å². The topological polar surface area (TPSA) is 94.6 Å². The lowest BCUT2D eigenvalue weighted by atomic mass is 9.90. The number of fused-ring (bicyclic) bond motifs is 2. The van der Waals surface area contributed by atoms with E-state index < -0.39 is 24.4 Å². The molecule has 4 rings (SSSR count). The van der Waals surface area contributed by atoms with Crippen molar-refractivity contribution in [3.8, 4) is 5.75 Å². The molecule has 1 aliphatic carbocycles. The minimum absolute atomic E-state index is 0.221. The van der Waals surface area contributed by atoms with Crippen LogP contribution in [0.15, 0.2) is 48.5 Å². The molecule has 0 aliphatic heterocycles. The molecule has 1 N–H and O–H groups in total. The zero-order valence-electron chi connectivity index (χ0n) is 17.1. The zero-order valence-corrected chi connectivity index (χ0v) is 17.1. The summed E-state index contributed by atoms with van der Waals surface area (Å²) in [5.74, 6) is -1.57. The number of carbonyl (C=O) groups excluding carboxylic acids is 3. The van der Waals surface area contributed by atoms with Crippen LogP contribution >= 0.6 is 0 Å². The van der Waals surface area contributed by atoms with Crippen LogP contribution in [0.5, 0.6) is 5.75 Å². The maximum Gasteiger partial charge on any atom is 0.339 e. The maximum atomic E-state index is 13.0. The fourth-order valence-corrected chi connectivity index (χ4v) is 3.87. The fraction of sp³-hybridized carbons (Fsp3) is 0.250. The van der Waals surface area contributed by atoms with Gasteiger partial charge in [0.15, 0.2) is 6.61 Å². The van der Waals surface area contributed by atoms with Gasteiger partial charge in [-0.1, -0.05) is 30.3 Å². The van der Waals surface area contributed by atoms with Crippen molar-refractivity contribution in [3.63, 3.8) is 0 Å². The summed E-state index contributed by atoms with van der Waals surface area (Å²) in [5, 5.41) is 2.94. The van der Waals surface area contributed by atoms with E-state index in [-0.39, 0.29) is 5.56 Å². The molecule has 3 aromatic rings. The molecule has 2 aromatic carbocycles. The normalized spacial score (nSPS) is 12.7. The van der Waals surface area contributed by atoms with E-state index in [9.17, 15) is 14.4 Å². The molecule has 31 heavy (non-hydrogen) atoms. The second-order valence-corrected chi connectivity index (χ2v) is 7.29. The van der Waals surface area contributed by atoms with Gasteiger partial charge < -0.3 is 9.47 Å². The van der Waals surface area contributed by atoms with E-state index in [2.05, 4.69) is 5.32 Å². The largest absolute Gasteiger partial charge is 0.496 e. The SMILES string of the molecule is COc1ccccc1C(=O)NC(=O)COC(=O)c1c2c(nc3ccccc13)CCCC2. The Labute approximate surface area is 179 Å². The molecule has 2 amide bonds. The fourth-order valence-electron chi connectivity index (χ4n) is 3.87. The van der Waals surface area contributed by atoms with E-state index in [1.807, 2.05) is 24.3 Å². The summed E-state index contributed by atoms with van der Waals surface area (Å²) in [6.07, 6.45) is 3.56. The predicted octanol–water partition coefficient (Wildman–Crippen LogP) is 3.24. The molecule has 0 spiro atoms. The standard InChI is InChI=1S/C24H22N2O5/c1-30-20-13-7-4-10-17(20)23(28)26-21(27)14-31-24(29)22-15-8-2-5-11-18(15)25-19-12-6-3-9-16(19)22/h2,4-5,7-8,10-11,13H,3,6,9,12,14H2,1H3,(H,26,27,28). The summed E-state index contributed by atoms with van der Waals surface area (Å²) in [5.41, 5.74) is 3.21. The molecule has 0 fully saturated rings. The van der Waals surface area contributed by atoms with Crippen LogP contribution in [-0.2, 0) is 22.4 Å². The second kappa shape index (κ2) is 8.95. The van der Waals surface area contributed by atoms with Crippen molar-refractivity contribution in [2.24, 2.45) is 0 Å². The van der Waals surface area contributed by atoms with Gasteiger partial charge in [0.25, 0.3) is 11.8 Å². The van der Waals surface area contributed by atoms with Crippen LogP contribution in [0.1, 0.15) is 44.8 Å². The van der Waals surface area contributed by atoms with Gasteiger partial charge in [0.1, 0.15) is 5.75 Å². The first kappa shape index (κ1) is 20.5. The minimum atomic E-state index is -0.712. The summed E-state index contributed by atoms with van der Waals surface area (Å²) in [4.78, 5) is 42.3. The number of pyridine rings is 1. The lowest BCUT2D eigenvalue weighted by molar-refractivity contribution is -0.123. The third kappa shape index (κ3) is 4.26. The Balaban J connectivity index is 1.50. The van der Waals surface area contributed by atoms with Crippen LogP contribution in [-0.4, -0.2) is 36.5 Å². The first-order chi connectivity index (χ1) is 15.1. The number of amides is 2. The maximum absolute atomic E-state index is 13.0. The number of ether oxygens (including phenoxy) is 2. The Morgan fingerprint density at radius 2 is 1.74 bits per heavy atom. The molecular formula is C24H22N2O5. The number of nitrogens with zero attached hydrogens (tertiary/aromatic N) is 1. The van der Waals surface area contributed by atoms with Crippen LogP contribution in [0, 0.1) is 0 Å². The number of aryl methyl sites for hydroxylation is 1. The van der Waals surface area contributed by atoms with Gasteiger partial charge in [-0.25, -0.2) is 4.79 Å². The molecule has 0 radical (unpaired) electrons. The number of imide groups is 1. The number of hydrogen-bond acceptors (Lipinski definition) is 6. The van der Waals surface area contributed by atoms with Crippen molar-refractivity contribution in [2.45, 2.75) is 25.7 Å². The minimum Gasteiger partial charge on any atom is -0.496 e. The molecular weight excluding hydrogens is 396 g/mol. The predicted molar refractivity (Wildman–Crippen MR) is 114 cm³/mol. The van der Waals surface area contributed by atoms with E-state index >= 15 is 0 Å². The monoisotopic (exact) mass is 418 g/mol.